The van der Waals surface area contributed by atoms with E-state index in [0.29, 0.717) is 0 Å². The number of anilines is 1. The number of aromatic amines is 1. The molecule has 0 aliphatic heterocycles. The van der Waals surface area contributed by atoms with Gasteiger partial charge in [0.15, 0.2) is 5.16 Å². The molecule has 3 rings (SSSR count). The summed E-state index contributed by atoms with van der Waals surface area (Å²) in [5, 5.41) is 10.9. The minimum Gasteiger partial charge on any atom is -0.381 e. The number of nitrogens with one attached hydrogen (secondary N) is 2. The van der Waals surface area contributed by atoms with Gasteiger partial charge in [-0.2, -0.15) is 5.10 Å². The monoisotopic (exact) mass is 360 g/mol. The average Bonchev–Trinajstić information content (AvgIpc) is 3.01. The molecule has 1 heterocycles. The summed E-state index contributed by atoms with van der Waals surface area (Å²) in [7, 11) is 0. The number of halogens is 1. The summed E-state index contributed by atoms with van der Waals surface area (Å²) in [5.41, 5.74) is 2.32. The maximum atomic E-state index is 4.10. The second kappa shape index (κ2) is 6.78. The van der Waals surface area contributed by atoms with Crippen LogP contribution in [0.5, 0.6) is 0 Å². The summed E-state index contributed by atoms with van der Waals surface area (Å²) in [6, 6.07) is 16.5. The minimum atomic E-state index is 0.788. The molecule has 21 heavy (non-hydrogen) atoms. The Morgan fingerprint density at radius 1 is 1.10 bits per heavy atom. The van der Waals surface area contributed by atoms with Gasteiger partial charge in [0.25, 0.3) is 0 Å². The molecule has 106 valence electrons. The van der Waals surface area contributed by atoms with Gasteiger partial charge in [-0.3, -0.25) is 5.10 Å². The molecule has 3 aromatic rings. The second-order valence-electron chi connectivity index (χ2n) is 4.36. The third kappa shape index (κ3) is 3.86. The van der Waals surface area contributed by atoms with Gasteiger partial charge in [0.05, 0.1) is 0 Å². The van der Waals surface area contributed by atoms with E-state index in [1.54, 1.807) is 11.8 Å². The first-order chi connectivity index (χ1) is 10.3. The molecular formula is C15H13BrN4S. The molecule has 0 fully saturated rings. The van der Waals surface area contributed by atoms with Crippen LogP contribution in [-0.4, -0.2) is 15.2 Å². The molecule has 0 unspecified atom stereocenters. The number of aromatic nitrogens is 3. The quantitative estimate of drug-likeness (QED) is 0.710. The maximum Gasteiger partial charge on any atom is 0.188 e. The average molecular weight is 361 g/mol. The van der Waals surface area contributed by atoms with E-state index < -0.39 is 0 Å². The van der Waals surface area contributed by atoms with Crippen molar-refractivity contribution in [1.29, 1.82) is 0 Å². The van der Waals surface area contributed by atoms with Crippen LogP contribution in [0.1, 0.15) is 5.56 Å². The lowest BCUT2D eigenvalue weighted by Crippen LogP contribution is -1.99. The van der Waals surface area contributed by atoms with Crippen molar-refractivity contribution in [1.82, 2.24) is 15.2 Å². The highest BCUT2D eigenvalue weighted by atomic mass is 79.9. The summed E-state index contributed by atoms with van der Waals surface area (Å²) in [6.45, 7) is 0.788. The van der Waals surface area contributed by atoms with E-state index in [4.69, 9.17) is 0 Å². The molecule has 6 heteroatoms. The summed E-state index contributed by atoms with van der Waals surface area (Å²) in [5.74, 6) is 0. The molecule has 2 aromatic carbocycles. The van der Waals surface area contributed by atoms with Gasteiger partial charge in [-0.25, -0.2) is 4.98 Å². The van der Waals surface area contributed by atoms with Crippen molar-refractivity contribution in [3.05, 3.63) is 64.9 Å². The van der Waals surface area contributed by atoms with Gasteiger partial charge in [0.1, 0.15) is 6.33 Å². The van der Waals surface area contributed by atoms with E-state index in [1.165, 1.54) is 11.9 Å². The van der Waals surface area contributed by atoms with E-state index in [-0.39, 0.29) is 0 Å². The van der Waals surface area contributed by atoms with Crippen LogP contribution in [0, 0.1) is 0 Å². The third-order valence-electron chi connectivity index (χ3n) is 2.90. The van der Waals surface area contributed by atoms with Crippen LogP contribution >= 0.6 is 27.7 Å². The first kappa shape index (κ1) is 14.2. The predicted molar refractivity (Wildman–Crippen MR) is 88.4 cm³/mol. The molecule has 0 aliphatic rings. The van der Waals surface area contributed by atoms with E-state index in [2.05, 4.69) is 66.8 Å². The molecule has 4 nitrogen and oxygen atoms in total. The molecule has 0 aliphatic carbocycles. The van der Waals surface area contributed by atoms with Crippen LogP contribution in [0.2, 0.25) is 0 Å². The molecule has 0 saturated carbocycles. The lowest BCUT2D eigenvalue weighted by molar-refractivity contribution is 0.973. The van der Waals surface area contributed by atoms with Crippen molar-refractivity contribution in [2.45, 2.75) is 16.6 Å². The van der Waals surface area contributed by atoms with Gasteiger partial charge in [0, 0.05) is 21.6 Å². The second-order valence-corrected chi connectivity index (χ2v) is 6.28. The highest BCUT2D eigenvalue weighted by molar-refractivity contribution is 9.10. The normalized spacial score (nSPS) is 10.5. The lowest BCUT2D eigenvalue weighted by Gasteiger charge is -2.08. The van der Waals surface area contributed by atoms with Crippen molar-refractivity contribution in [2.24, 2.45) is 0 Å². The SMILES string of the molecule is Brc1ccccc1CNc1ccc(Sc2ncn[nH]2)cc1. The van der Waals surface area contributed by atoms with Crippen LogP contribution in [0.4, 0.5) is 5.69 Å². The molecule has 0 saturated heterocycles. The zero-order valence-electron chi connectivity index (χ0n) is 11.1. The fraction of sp³-hybridized carbons (Fsp3) is 0.0667. The predicted octanol–water partition coefficient (Wildman–Crippen LogP) is 4.33. The molecule has 0 bridgehead atoms. The van der Waals surface area contributed by atoms with Crippen LogP contribution in [0.15, 0.2) is 69.4 Å². The van der Waals surface area contributed by atoms with Gasteiger partial charge in [0.2, 0.25) is 0 Å². The van der Waals surface area contributed by atoms with Crippen LogP contribution in [0.25, 0.3) is 0 Å². The Labute approximate surface area is 135 Å². The topological polar surface area (TPSA) is 53.6 Å². The van der Waals surface area contributed by atoms with Gasteiger partial charge in [-0.1, -0.05) is 45.9 Å². The van der Waals surface area contributed by atoms with E-state index in [0.717, 1.165) is 26.8 Å². The number of benzene rings is 2. The van der Waals surface area contributed by atoms with Crippen LogP contribution < -0.4 is 5.32 Å². The number of hydrogen-bond donors (Lipinski definition) is 2. The van der Waals surface area contributed by atoms with Crippen molar-refractivity contribution in [3.8, 4) is 0 Å². The van der Waals surface area contributed by atoms with Gasteiger partial charge in [-0.05, 0) is 35.9 Å². The minimum absolute atomic E-state index is 0.788. The Morgan fingerprint density at radius 2 is 1.90 bits per heavy atom. The molecular weight excluding hydrogens is 348 g/mol. The standard InChI is InChI=1S/C15H13BrN4S/c16-14-4-2-1-3-11(14)9-17-12-5-7-13(8-6-12)21-15-18-10-19-20-15/h1-8,10,17H,9H2,(H,18,19,20). The van der Waals surface area contributed by atoms with E-state index in [1.807, 2.05) is 18.2 Å². The van der Waals surface area contributed by atoms with Gasteiger partial charge < -0.3 is 5.32 Å². The van der Waals surface area contributed by atoms with Crippen molar-refractivity contribution in [2.75, 3.05) is 5.32 Å². The Balaban J connectivity index is 1.61. The largest absolute Gasteiger partial charge is 0.381 e. The lowest BCUT2D eigenvalue weighted by atomic mass is 10.2. The molecule has 0 atom stereocenters. The Morgan fingerprint density at radius 3 is 2.62 bits per heavy atom. The number of nitrogens with zero attached hydrogens (tertiary/aromatic N) is 2. The zero-order valence-corrected chi connectivity index (χ0v) is 13.5. The fourth-order valence-electron chi connectivity index (χ4n) is 1.83. The highest BCUT2D eigenvalue weighted by Gasteiger charge is 2.01. The first-order valence-corrected chi connectivity index (χ1v) is 8.03. The Bertz CT molecular complexity index is 698. The summed E-state index contributed by atoms with van der Waals surface area (Å²) < 4.78 is 1.12. The number of rotatable bonds is 5. The fourth-order valence-corrected chi connectivity index (χ4v) is 2.95. The summed E-state index contributed by atoms with van der Waals surface area (Å²) in [4.78, 5) is 5.22. The first-order valence-electron chi connectivity index (χ1n) is 6.42. The van der Waals surface area contributed by atoms with Crippen molar-refractivity contribution >= 4 is 33.4 Å². The van der Waals surface area contributed by atoms with E-state index in [9.17, 15) is 0 Å². The molecule has 1 aromatic heterocycles. The van der Waals surface area contributed by atoms with Crippen LogP contribution in [-0.2, 0) is 6.54 Å². The molecule has 0 radical (unpaired) electrons. The smallest absolute Gasteiger partial charge is 0.188 e. The van der Waals surface area contributed by atoms with Gasteiger partial charge >= 0.3 is 0 Å². The Hall–Kier alpha value is -1.79. The van der Waals surface area contributed by atoms with Crippen molar-refractivity contribution in [3.63, 3.8) is 0 Å². The Kier molecular flexibility index (Phi) is 4.57. The zero-order chi connectivity index (χ0) is 14.5. The summed E-state index contributed by atoms with van der Waals surface area (Å²) >= 11 is 5.11. The molecule has 0 spiro atoms. The van der Waals surface area contributed by atoms with E-state index >= 15 is 0 Å². The summed E-state index contributed by atoms with van der Waals surface area (Å²) in [6.07, 6.45) is 1.51. The van der Waals surface area contributed by atoms with Crippen molar-refractivity contribution < 1.29 is 0 Å². The van der Waals surface area contributed by atoms with Crippen LogP contribution in [0.3, 0.4) is 0 Å². The molecule has 2 N–H and O–H groups in total. The third-order valence-corrected chi connectivity index (χ3v) is 4.57. The number of H-pyrrole nitrogens is 1. The molecule has 0 amide bonds. The maximum absolute atomic E-state index is 4.10. The van der Waals surface area contributed by atoms with Gasteiger partial charge in [-0.15, -0.1) is 0 Å². The highest BCUT2D eigenvalue weighted by Crippen LogP contribution is 2.25. The number of hydrogen-bond acceptors (Lipinski definition) is 4.